The zero-order valence-electron chi connectivity index (χ0n) is 23.5. The number of anilines is 1. The maximum Gasteiger partial charge on any atom is 0.259 e. The van der Waals surface area contributed by atoms with Crippen LogP contribution < -0.4 is 5.06 Å². The Kier molecular flexibility index (Phi) is 6.12. The second-order valence-electron chi connectivity index (χ2n) is 13.1. The number of aliphatic hydroxyl groups excluding tert-OH is 1. The van der Waals surface area contributed by atoms with E-state index >= 15 is 8.78 Å². The van der Waals surface area contributed by atoms with E-state index in [1.165, 1.54) is 30.2 Å². The van der Waals surface area contributed by atoms with Crippen LogP contribution in [0.3, 0.4) is 0 Å². The molecule has 1 saturated heterocycles. The number of alkyl halides is 2. The number of carbonyl (C=O) groups is 2. The molecule has 4 aliphatic carbocycles. The Labute approximate surface area is 243 Å². The molecule has 10 heteroatoms. The third-order valence-corrected chi connectivity index (χ3v) is 11.7. The van der Waals surface area contributed by atoms with Gasteiger partial charge in [0.25, 0.3) is 5.91 Å². The summed E-state index contributed by atoms with van der Waals surface area (Å²) in [7, 11) is 1.53. The first-order chi connectivity index (χ1) is 19.2. The molecule has 1 aromatic rings. The molecule has 1 heterocycles. The smallest absolute Gasteiger partial charge is 0.259 e. The van der Waals surface area contributed by atoms with Gasteiger partial charge in [0.1, 0.15) is 12.7 Å². The Bertz CT molecular complexity index is 1430. The topological polar surface area (TPSA) is 93.9 Å². The standard InChI is InChI=1S/C31H34ClF2N3O4/c1-27-10-9-21(38)13-22(27)23(33)14-24-28(2)15-18-17-37(20-7-5-19(32)6-8-20)41-31(18,26(40)36(4)12-11-35)29(28,3)16-25(39)30(24,27)34/h5-10,13,18,23-25,39H,12,14-17H2,1-4H3/t18-,23-,24-,25-,27-,28-,29-,30-,31-/m0/s1. The lowest BCUT2D eigenvalue weighted by Crippen LogP contribution is -2.74. The molecular weight excluding hydrogens is 552 g/mol. The molecule has 6 rings (SSSR count). The zero-order valence-corrected chi connectivity index (χ0v) is 24.3. The number of halogens is 3. The maximum atomic E-state index is 17.8. The van der Waals surface area contributed by atoms with Gasteiger partial charge in [-0.15, -0.1) is 0 Å². The van der Waals surface area contributed by atoms with Crippen molar-refractivity contribution < 1.29 is 28.3 Å². The van der Waals surface area contributed by atoms with E-state index in [0.29, 0.717) is 23.7 Å². The van der Waals surface area contributed by atoms with Crippen LogP contribution in [0.5, 0.6) is 0 Å². The number of likely N-dealkylation sites (N-methyl/N-ethyl adjacent to an activating group) is 1. The lowest BCUT2D eigenvalue weighted by atomic mass is 9.40. The van der Waals surface area contributed by atoms with E-state index in [2.05, 4.69) is 0 Å². The molecule has 3 saturated carbocycles. The lowest BCUT2D eigenvalue weighted by molar-refractivity contribution is -0.257. The molecule has 41 heavy (non-hydrogen) atoms. The van der Waals surface area contributed by atoms with Gasteiger partial charge in [0.2, 0.25) is 0 Å². The van der Waals surface area contributed by atoms with Crippen LogP contribution in [0.15, 0.2) is 48.1 Å². The first-order valence-electron chi connectivity index (χ1n) is 14.0. The number of amides is 1. The van der Waals surface area contributed by atoms with Crippen LogP contribution in [-0.4, -0.2) is 65.4 Å². The number of aliphatic hydroxyl groups is 1. The lowest BCUT2D eigenvalue weighted by Gasteiger charge is -2.67. The third kappa shape index (κ3) is 3.30. The van der Waals surface area contributed by atoms with Crippen molar-refractivity contribution in [2.75, 3.05) is 25.2 Å². The summed E-state index contributed by atoms with van der Waals surface area (Å²) in [6.45, 7) is 5.43. The molecule has 0 radical (unpaired) electrons. The molecule has 0 bridgehead atoms. The number of allylic oxidation sites excluding steroid dienone is 4. The van der Waals surface area contributed by atoms with E-state index in [4.69, 9.17) is 16.4 Å². The van der Waals surface area contributed by atoms with E-state index in [-0.39, 0.29) is 25.0 Å². The number of carbonyl (C=O) groups excluding carboxylic acids is 2. The summed E-state index contributed by atoms with van der Waals surface area (Å²) in [4.78, 5) is 34.6. The second kappa shape index (κ2) is 8.85. The normalized spacial score (nSPS) is 44.3. The molecule has 0 unspecified atom stereocenters. The summed E-state index contributed by atoms with van der Waals surface area (Å²) in [6, 6.07) is 9.02. The molecule has 4 fully saturated rings. The van der Waals surface area contributed by atoms with E-state index in [0.717, 1.165) is 0 Å². The predicted octanol–water partition coefficient (Wildman–Crippen LogP) is 4.75. The summed E-state index contributed by atoms with van der Waals surface area (Å²) in [5, 5.41) is 23.4. The Balaban J connectivity index is 1.50. The fourth-order valence-corrected chi connectivity index (χ4v) is 9.42. The Morgan fingerprint density at radius 3 is 2.61 bits per heavy atom. The van der Waals surface area contributed by atoms with Crippen molar-refractivity contribution >= 4 is 29.0 Å². The average Bonchev–Trinajstić information content (AvgIpc) is 3.38. The van der Waals surface area contributed by atoms with Gasteiger partial charge in [-0.3, -0.25) is 19.5 Å². The molecule has 1 N–H and O–H groups in total. The fraction of sp³-hybridized carbons (Fsp3) is 0.581. The quantitative estimate of drug-likeness (QED) is 0.515. The third-order valence-electron chi connectivity index (χ3n) is 11.5. The number of rotatable bonds is 3. The summed E-state index contributed by atoms with van der Waals surface area (Å²) in [6.07, 6.45) is 0.645. The molecule has 1 amide bonds. The van der Waals surface area contributed by atoms with Crippen molar-refractivity contribution in [3.8, 4) is 6.07 Å². The van der Waals surface area contributed by atoms with Crippen molar-refractivity contribution in [3.63, 3.8) is 0 Å². The SMILES string of the molecule is CN(CC#N)C(=O)[C@@]12ON(c3ccc(Cl)cc3)C[C@@H]1C[C@@]1(C)[C@@H]3C[C@H](F)C4=CC(=O)C=C[C@]4(C)[C@@]3(F)[C@@H](O)C[C@@]12C. The molecule has 0 spiro atoms. The fourth-order valence-electron chi connectivity index (χ4n) is 9.29. The number of hydrogen-bond acceptors (Lipinski definition) is 6. The molecule has 9 atom stereocenters. The number of nitriles is 1. The highest BCUT2D eigenvalue weighted by Crippen LogP contribution is 2.77. The van der Waals surface area contributed by atoms with Crippen molar-refractivity contribution in [2.45, 2.75) is 63.6 Å². The van der Waals surface area contributed by atoms with Gasteiger partial charge in [0.15, 0.2) is 17.1 Å². The van der Waals surface area contributed by atoms with Gasteiger partial charge in [-0.2, -0.15) is 5.26 Å². The van der Waals surface area contributed by atoms with Crippen LogP contribution in [-0.2, 0) is 14.4 Å². The number of benzene rings is 1. The van der Waals surface area contributed by atoms with Crippen molar-refractivity contribution in [2.24, 2.45) is 28.1 Å². The average molecular weight is 586 g/mol. The maximum absolute atomic E-state index is 17.8. The van der Waals surface area contributed by atoms with Crippen LogP contribution in [0.25, 0.3) is 0 Å². The van der Waals surface area contributed by atoms with Crippen molar-refractivity contribution in [1.82, 2.24) is 4.90 Å². The van der Waals surface area contributed by atoms with Gasteiger partial charge >= 0.3 is 0 Å². The van der Waals surface area contributed by atoms with Crippen LogP contribution in [0.1, 0.15) is 40.0 Å². The Hall–Kier alpha value is -2.80. The Morgan fingerprint density at radius 2 is 1.95 bits per heavy atom. The summed E-state index contributed by atoms with van der Waals surface area (Å²) < 4.78 is 33.8. The minimum atomic E-state index is -2.29. The summed E-state index contributed by atoms with van der Waals surface area (Å²) in [5.41, 5.74) is -6.75. The van der Waals surface area contributed by atoms with Crippen LogP contribution >= 0.6 is 11.6 Å². The van der Waals surface area contributed by atoms with Gasteiger partial charge in [-0.1, -0.05) is 31.5 Å². The highest BCUT2D eigenvalue weighted by atomic mass is 35.5. The number of fused-ring (bicyclic) bond motifs is 7. The van der Waals surface area contributed by atoms with E-state index in [9.17, 15) is 20.0 Å². The Morgan fingerprint density at radius 1 is 1.27 bits per heavy atom. The molecule has 1 aromatic carbocycles. The number of hydroxylamine groups is 1. The van der Waals surface area contributed by atoms with Gasteiger partial charge in [-0.25, -0.2) is 8.78 Å². The van der Waals surface area contributed by atoms with Crippen LogP contribution in [0, 0.1) is 39.4 Å². The largest absolute Gasteiger partial charge is 0.390 e. The zero-order chi connectivity index (χ0) is 29.8. The predicted molar refractivity (Wildman–Crippen MR) is 148 cm³/mol. The number of ketones is 1. The molecule has 5 aliphatic rings. The molecule has 7 nitrogen and oxygen atoms in total. The molecular formula is C31H34ClF2N3O4. The van der Waals surface area contributed by atoms with Gasteiger partial charge in [0.05, 0.1) is 24.4 Å². The highest BCUT2D eigenvalue weighted by Gasteiger charge is 2.84. The summed E-state index contributed by atoms with van der Waals surface area (Å²) >= 11 is 6.10. The van der Waals surface area contributed by atoms with Crippen LogP contribution in [0.4, 0.5) is 14.5 Å². The summed E-state index contributed by atoms with van der Waals surface area (Å²) in [5.74, 6) is -2.25. The first-order valence-corrected chi connectivity index (χ1v) is 14.4. The van der Waals surface area contributed by atoms with E-state index in [1.54, 1.807) is 36.3 Å². The van der Waals surface area contributed by atoms with Crippen molar-refractivity contribution in [1.29, 1.82) is 5.26 Å². The van der Waals surface area contributed by atoms with Gasteiger partial charge in [0, 0.05) is 34.7 Å². The molecule has 0 aromatic heterocycles. The minimum absolute atomic E-state index is 0.0536. The first kappa shape index (κ1) is 28.3. The number of nitrogens with zero attached hydrogens (tertiary/aromatic N) is 3. The van der Waals surface area contributed by atoms with Crippen LogP contribution in [0.2, 0.25) is 5.02 Å². The van der Waals surface area contributed by atoms with Gasteiger partial charge < -0.3 is 10.0 Å². The second-order valence-corrected chi connectivity index (χ2v) is 13.6. The highest BCUT2D eigenvalue weighted by molar-refractivity contribution is 6.30. The molecule has 218 valence electrons. The van der Waals surface area contributed by atoms with Gasteiger partial charge in [-0.05, 0) is 73.6 Å². The number of hydrogen-bond donors (Lipinski definition) is 1. The van der Waals surface area contributed by atoms with Crippen molar-refractivity contribution in [3.05, 3.63) is 53.1 Å². The minimum Gasteiger partial charge on any atom is -0.390 e. The van der Waals surface area contributed by atoms with E-state index in [1.807, 2.05) is 19.9 Å². The monoisotopic (exact) mass is 585 g/mol. The van der Waals surface area contributed by atoms with E-state index < -0.39 is 63.3 Å². The molecule has 1 aliphatic heterocycles.